The molecule has 7 aliphatic rings. The Morgan fingerprint density at radius 2 is 1.62 bits per heavy atom. The predicted molar refractivity (Wildman–Crippen MR) is 155 cm³/mol. The number of carbonyl (C=O) groups is 1. The normalized spacial score (nSPS) is 39.2. The number of rotatable bonds is 8. The van der Waals surface area contributed by atoms with Crippen LogP contribution < -0.4 is 0 Å². The van der Waals surface area contributed by atoms with Gasteiger partial charge in [0.2, 0.25) is 10.0 Å². The van der Waals surface area contributed by atoms with Crippen molar-refractivity contribution in [3.8, 4) is 0 Å². The SMILES string of the molecule is Cc1ccc(S(=O)(=O)N2C[C@@H]3CCCN4CCC[C@@H]([C@H]34)[C@H]2CCCC(=O)OCC23CC4CC(CC(C4)C2)C3)cc1. The van der Waals surface area contributed by atoms with Crippen molar-refractivity contribution in [1.82, 2.24) is 9.21 Å². The van der Waals surface area contributed by atoms with Crippen LogP contribution in [0.5, 0.6) is 0 Å². The first-order valence-electron chi connectivity index (χ1n) is 16.3. The molecule has 3 aliphatic heterocycles. The zero-order valence-corrected chi connectivity index (χ0v) is 25.1. The maximum Gasteiger partial charge on any atom is 0.305 e. The number of nitrogens with zero attached hydrogens (tertiary/aromatic N) is 2. The Labute approximate surface area is 241 Å². The van der Waals surface area contributed by atoms with Gasteiger partial charge in [-0.15, -0.1) is 0 Å². The van der Waals surface area contributed by atoms with E-state index in [2.05, 4.69) is 4.90 Å². The lowest BCUT2D eigenvalue weighted by atomic mass is 9.50. The highest BCUT2D eigenvalue weighted by molar-refractivity contribution is 7.89. The van der Waals surface area contributed by atoms with Gasteiger partial charge in [-0.05, 0) is 139 Å². The Bertz CT molecular complexity index is 1160. The highest BCUT2D eigenvalue weighted by Gasteiger charge is 2.53. The molecule has 0 N–H and O–H groups in total. The Kier molecular flexibility index (Phi) is 7.32. The van der Waals surface area contributed by atoms with Gasteiger partial charge in [-0.2, -0.15) is 4.31 Å². The van der Waals surface area contributed by atoms with E-state index in [9.17, 15) is 13.2 Å². The van der Waals surface area contributed by atoms with Gasteiger partial charge < -0.3 is 4.74 Å². The first-order valence-corrected chi connectivity index (χ1v) is 17.7. The molecular weight excluding hydrogens is 520 g/mol. The first-order chi connectivity index (χ1) is 19.3. The molecule has 8 rings (SSSR count). The fourth-order valence-electron chi connectivity index (χ4n) is 10.7. The maximum atomic E-state index is 14.1. The van der Waals surface area contributed by atoms with Crippen molar-refractivity contribution < 1.29 is 17.9 Å². The van der Waals surface area contributed by atoms with E-state index >= 15 is 0 Å². The quantitative estimate of drug-likeness (QED) is 0.372. The minimum atomic E-state index is -3.60. The summed E-state index contributed by atoms with van der Waals surface area (Å²) >= 11 is 0. The lowest BCUT2D eigenvalue weighted by Gasteiger charge is -2.57. The van der Waals surface area contributed by atoms with Crippen molar-refractivity contribution in [1.29, 1.82) is 0 Å². The first kappa shape index (κ1) is 27.4. The lowest BCUT2D eigenvalue weighted by Crippen LogP contribution is -2.65. The van der Waals surface area contributed by atoms with E-state index in [1.54, 1.807) is 12.1 Å². The molecule has 7 fully saturated rings. The molecule has 6 nitrogen and oxygen atoms in total. The van der Waals surface area contributed by atoms with Crippen molar-refractivity contribution in [2.24, 2.45) is 35.0 Å². The molecule has 220 valence electrons. The van der Waals surface area contributed by atoms with Gasteiger partial charge in [0, 0.05) is 30.5 Å². The second-order valence-corrected chi connectivity index (χ2v) is 16.6. The van der Waals surface area contributed by atoms with Crippen LogP contribution in [0.1, 0.15) is 89.0 Å². The molecule has 3 heterocycles. The number of piperidine rings is 3. The van der Waals surface area contributed by atoms with Gasteiger partial charge in [0.15, 0.2) is 0 Å². The molecule has 1 aromatic rings. The van der Waals surface area contributed by atoms with Crippen LogP contribution in [0.25, 0.3) is 0 Å². The van der Waals surface area contributed by atoms with Gasteiger partial charge in [0.1, 0.15) is 0 Å². The van der Waals surface area contributed by atoms with Gasteiger partial charge >= 0.3 is 5.97 Å². The summed E-state index contributed by atoms with van der Waals surface area (Å²) < 4.78 is 36.0. The Morgan fingerprint density at radius 3 is 2.30 bits per heavy atom. The van der Waals surface area contributed by atoms with Crippen LogP contribution in [0.4, 0.5) is 0 Å². The van der Waals surface area contributed by atoms with Gasteiger partial charge in [0.05, 0.1) is 11.5 Å². The molecule has 4 bridgehead atoms. The Hall–Kier alpha value is -1.44. The zero-order valence-electron chi connectivity index (χ0n) is 24.3. The zero-order chi connectivity index (χ0) is 27.5. The molecule has 7 heteroatoms. The second-order valence-electron chi connectivity index (χ2n) is 14.7. The highest BCUT2D eigenvalue weighted by Crippen LogP contribution is 2.60. The van der Waals surface area contributed by atoms with Crippen LogP contribution >= 0.6 is 0 Å². The standard InChI is InChI=1S/C33H48N2O4S/c1-23-9-11-28(12-10-23)40(37,38)35-21-27-5-3-13-34-14-4-6-29(32(27)34)30(35)7-2-8-31(36)39-22-33-18-24-15-25(19-33)17-26(16-24)20-33/h9-12,24-27,29-30,32H,2-8,13-22H2,1H3/t24?,25?,26?,27-,29+,30+,32-,33?/m0/s1. The minimum Gasteiger partial charge on any atom is -0.465 e. The van der Waals surface area contributed by atoms with E-state index < -0.39 is 10.0 Å². The van der Waals surface area contributed by atoms with Crippen molar-refractivity contribution in [2.75, 3.05) is 26.2 Å². The van der Waals surface area contributed by atoms with Gasteiger partial charge in [-0.25, -0.2) is 8.42 Å². The van der Waals surface area contributed by atoms with Crippen LogP contribution in [-0.2, 0) is 19.6 Å². The molecule has 0 spiro atoms. The number of hydrogen-bond donors (Lipinski definition) is 0. The fourth-order valence-corrected chi connectivity index (χ4v) is 12.4. The Balaban J connectivity index is 1.03. The van der Waals surface area contributed by atoms with Gasteiger partial charge in [-0.1, -0.05) is 17.7 Å². The summed E-state index contributed by atoms with van der Waals surface area (Å²) in [7, 11) is -3.60. The number of sulfonamides is 1. The molecule has 4 saturated carbocycles. The molecule has 4 aliphatic carbocycles. The monoisotopic (exact) mass is 568 g/mol. The fraction of sp³-hybridized carbons (Fsp3) is 0.788. The smallest absolute Gasteiger partial charge is 0.305 e. The molecule has 0 amide bonds. The van der Waals surface area contributed by atoms with Crippen molar-refractivity contribution in [2.45, 2.75) is 107 Å². The lowest BCUT2D eigenvalue weighted by molar-refractivity contribution is -0.155. The number of esters is 1. The van der Waals surface area contributed by atoms with Gasteiger partial charge in [0.25, 0.3) is 0 Å². The molecule has 0 aromatic heterocycles. The third-order valence-corrected chi connectivity index (χ3v) is 13.7. The summed E-state index contributed by atoms with van der Waals surface area (Å²) in [4.78, 5) is 16.1. The number of aryl methyl sites for hydroxylation is 1. The van der Waals surface area contributed by atoms with Crippen molar-refractivity contribution >= 4 is 16.0 Å². The second kappa shape index (κ2) is 10.7. The van der Waals surface area contributed by atoms with Crippen LogP contribution in [0.15, 0.2) is 29.2 Å². The molecule has 4 atom stereocenters. The highest BCUT2D eigenvalue weighted by atomic mass is 32.2. The largest absolute Gasteiger partial charge is 0.465 e. The molecular formula is C33H48N2O4S. The third kappa shape index (κ3) is 5.06. The summed E-state index contributed by atoms with van der Waals surface area (Å²) in [5, 5.41) is 0. The van der Waals surface area contributed by atoms with E-state index in [4.69, 9.17) is 4.74 Å². The van der Waals surface area contributed by atoms with E-state index in [0.29, 0.717) is 48.8 Å². The van der Waals surface area contributed by atoms with Crippen LogP contribution in [0, 0.1) is 41.9 Å². The average Bonchev–Trinajstić information content (AvgIpc) is 2.93. The van der Waals surface area contributed by atoms with E-state index in [0.717, 1.165) is 68.5 Å². The number of carbonyl (C=O) groups excluding carboxylic acids is 1. The number of hydrogen-bond acceptors (Lipinski definition) is 5. The topological polar surface area (TPSA) is 66.9 Å². The molecule has 0 unspecified atom stereocenters. The molecule has 0 radical (unpaired) electrons. The van der Waals surface area contributed by atoms with Crippen LogP contribution in [-0.4, -0.2) is 61.9 Å². The van der Waals surface area contributed by atoms with E-state index in [1.165, 1.54) is 38.5 Å². The van der Waals surface area contributed by atoms with Crippen molar-refractivity contribution in [3.05, 3.63) is 29.8 Å². The van der Waals surface area contributed by atoms with Crippen molar-refractivity contribution in [3.63, 3.8) is 0 Å². The molecule has 40 heavy (non-hydrogen) atoms. The molecule has 1 aromatic carbocycles. The molecule has 3 saturated heterocycles. The van der Waals surface area contributed by atoms with E-state index in [-0.39, 0.29) is 17.4 Å². The summed E-state index contributed by atoms with van der Waals surface area (Å²) in [5.74, 6) is 3.24. The predicted octanol–water partition coefficient (Wildman–Crippen LogP) is 5.79. The number of ether oxygens (including phenoxy) is 1. The minimum absolute atomic E-state index is 0.0515. The summed E-state index contributed by atoms with van der Waals surface area (Å²) in [6.45, 7) is 5.49. The Morgan fingerprint density at radius 1 is 0.975 bits per heavy atom. The summed E-state index contributed by atoms with van der Waals surface area (Å²) in [5.41, 5.74) is 1.31. The van der Waals surface area contributed by atoms with Crippen LogP contribution in [0.2, 0.25) is 0 Å². The summed E-state index contributed by atoms with van der Waals surface area (Å²) in [6.07, 6.45) is 14.3. The average molecular weight is 569 g/mol. The van der Waals surface area contributed by atoms with E-state index in [1.807, 2.05) is 23.4 Å². The maximum absolute atomic E-state index is 14.1. The summed E-state index contributed by atoms with van der Waals surface area (Å²) in [6, 6.07) is 7.77. The third-order valence-electron chi connectivity index (χ3n) is 11.8. The van der Waals surface area contributed by atoms with Crippen LogP contribution in [0.3, 0.4) is 0 Å². The number of benzene rings is 1. The van der Waals surface area contributed by atoms with Gasteiger partial charge in [-0.3, -0.25) is 9.69 Å².